The number of carbonyl (C=O) groups excluding carboxylic acids is 1. The lowest BCUT2D eigenvalue weighted by Crippen LogP contribution is -2.46. The van der Waals surface area contributed by atoms with Gasteiger partial charge in [-0.1, -0.05) is 19.1 Å². The molecule has 1 fully saturated rings. The smallest absolute Gasteiger partial charge is 0.357 e. The number of sulfonamides is 1. The molecule has 0 saturated carbocycles. The number of hydrogen-bond donors (Lipinski definition) is 1. The van der Waals surface area contributed by atoms with E-state index in [4.69, 9.17) is 4.74 Å². The summed E-state index contributed by atoms with van der Waals surface area (Å²) in [4.78, 5) is 16.3. The van der Waals surface area contributed by atoms with Gasteiger partial charge in [-0.15, -0.1) is 12.4 Å². The van der Waals surface area contributed by atoms with Crippen LogP contribution in [0.2, 0.25) is 0 Å². The number of rotatable bonds is 6. The number of nitrogens with zero attached hydrogens (tertiary/aromatic N) is 2. The molecule has 0 aliphatic carbocycles. The molecule has 3 rings (SSSR count). The number of ether oxygens (including phenoxy) is 1. The largest absolute Gasteiger partial charge is 0.464 e. The number of piperidine rings is 1. The molecular formula is C19H26ClN3O4S. The topological polar surface area (TPSA) is 88.6 Å². The predicted octanol–water partition coefficient (Wildman–Crippen LogP) is 2.60. The van der Waals surface area contributed by atoms with Crippen LogP contribution in [0.5, 0.6) is 0 Å². The van der Waals surface area contributed by atoms with Crippen LogP contribution in [0.15, 0.2) is 35.4 Å². The van der Waals surface area contributed by atoms with Crippen LogP contribution >= 0.6 is 12.4 Å². The molecule has 1 aromatic heterocycles. The van der Waals surface area contributed by atoms with Crippen molar-refractivity contribution >= 4 is 39.2 Å². The monoisotopic (exact) mass is 427 g/mol. The Morgan fingerprint density at radius 3 is 2.61 bits per heavy atom. The van der Waals surface area contributed by atoms with Gasteiger partial charge in [-0.25, -0.2) is 18.2 Å². The van der Waals surface area contributed by atoms with Gasteiger partial charge < -0.3 is 10.1 Å². The fourth-order valence-electron chi connectivity index (χ4n) is 3.60. The van der Waals surface area contributed by atoms with Crippen LogP contribution in [0.3, 0.4) is 0 Å². The Morgan fingerprint density at radius 2 is 1.96 bits per heavy atom. The molecule has 9 heteroatoms. The summed E-state index contributed by atoms with van der Waals surface area (Å²) in [5.41, 5.74) is 0.121. The minimum Gasteiger partial charge on any atom is -0.464 e. The van der Waals surface area contributed by atoms with Crippen molar-refractivity contribution in [3.05, 3.63) is 36.2 Å². The number of pyridine rings is 1. The van der Waals surface area contributed by atoms with Crippen LogP contribution < -0.4 is 5.32 Å². The highest BCUT2D eigenvalue weighted by atomic mass is 35.5. The van der Waals surface area contributed by atoms with Crippen molar-refractivity contribution in [1.82, 2.24) is 14.6 Å². The minimum atomic E-state index is -3.71. The number of nitrogens with one attached hydrogen (secondary N) is 1. The molecular weight excluding hydrogens is 402 g/mol. The third kappa shape index (κ3) is 4.30. The summed E-state index contributed by atoms with van der Waals surface area (Å²) < 4.78 is 33.5. The van der Waals surface area contributed by atoms with Gasteiger partial charge in [-0.2, -0.15) is 4.31 Å². The van der Waals surface area contributed by atoms with Crippen LogP contribution in [0.4, 0.5) is 0 Å². The molecule has 154 valence electrons. The van der Waals surface area contributed by atoms with Gasteiger partial charge in [0.25, 0.3) is 0 Å². The first-order valence-electron chi connectivity index (χ1n) is 9.19. The quantitative estimate of drug-likeness (QED) is 0.713. The lowest BCUT2D eigenvalue weighted by Gasteiger charge is -2.33. The first kappa shape index (κ1) is 22.5. The van der Waals surface area contributed by atoms with E-state index in [2.05, 4.69) is 10.3 Å². The summed E-state index contributed by atoms with van der Waals surface area (Å²) in [6.07, 6.45) is 3.77. The van der Waals surface area contributed by atoms with Crippen molar-refractivity contribution in [1.29, 1.82) is 0 Å². The summed E-state index contributed by atoms with van der Waals surface area (Å²) >= 11 is 0. The minimum absolute atomic E-state index is 0. The van der Waals surface area contributed by atoms with Gasteiger partial charge in [0.2, 0.25) is 10.0 Å². The zero-order chi connectivity index (χ0) is 19.4. The lowest BCUT2D eigenvalue weighted by molar-refractivity contribution is 0.0596. The molecule has 0 unspecified atom stereocenters. The average molecular weight is 428 g/mol. The highest BCUT2D eigenvalue weighted by Gasteiger charge is 2.33. The van der Waals surface area contributed by atoms with Crippen LogP contribution in [-0.4, -0.2) is 56.5 Å². The fourth-order valence-corrected chi connectivity index (χ4v) is 5.59. The van der Waals surface area contributed by atoms with Gasteiger partial charge in [0.05, 0.1) is 12.0 Å². The molecule has 2 heterocycles. The van der Waals surface area contributed by atoms with Gasteiger partial charge in [0, 0.05) is 29.6 Å². The zero-order valence-corrected chi connectivity index (χ0v) is 17.7. The highest BCUT2D eigenvalue weighted by Crippen LogP contribution is 2.30. The number of fused-ring (bicyclic) bond motifs is 1. The summed E-state index contributed by atoms with van der Waals surface area (Å²) in [5, 5.41) is 4.25. The normalized spacial score (nSPS) is 15.4. The average Bonchev–Trinajstić information content (AvgIpc) is 2.71. The third-order valence-corrected chi connectivity index (χ3v) is 6.90. The Labute approximate surface area is 171 Å². The third-order valence-electron chi connectivity index (χ3n) is 4.89. The van der Waals surface area contributed by atoms with E-state index in [9.17, 15) is 13.2 Å². The first-order valence-corrected chi connectivity index (χ1v) is 10.6. The molecule has 1 aliphatic rings. The second-order valence-corrected chi connectivity index (χ2v) is 8.46. The van der Waals surface area contributed by atoms with Crippen molar-refractivity contribution < 1.29 is 17.9 Å². The zero-order valence-electron chi connectivity index (χ0n) is 16.1. The van der Waals surface area contributed by atoms with Crippen molar-refractivity contribution in [2.45, 2.75) is 37.1 Å². The second kappa shape index (κ2) is 9.65. The number of esters is 1. The molecule has 7 nitrogen and oxygen atoms in total. The maximum Gasteiger partial charge on any atom is 0.357 e. The van der Waals surface area contributed by atoms with Crippen molar-refractivity contribution in [2.75, 3.05) is 26.7 Å². The van der Waals surface area contributed by atoms with Gasteiger partial charge in [-0.3, -0.25) is 0 Å². The van der Waals surface area contributed by atoms with Crippen LogP contribution in [0.1, 0.15) is 36.7 Å². The molecule has 0 amide bonds. The number of benzene rings is 1. The van der Waals surface area contributed by atoms with E-state index in [1.54, 1.807) is 28.6 Å². The summed E-state index contributed by atoms with van der Waals surface area (Å²) in [6.45, 7) is 4.07. The molecule has 2 aromatic rings. The standard InChI is InChI=1S/C19H25N3O4S.ClH/c1-3-13-22(14-7-10-20-11-8-14)27(24,25)17-6-4-5-16-15(17)9-12-21-18(16)19(23)26-2;/h4-6,9,12,14,20H,3,7-8,10-11,13H2,1-2H3;1H. The molecule has 1 aliphatic heterocycles. The van der Waals surface area contributed by atoms with E-state index in [0.717, 1.165) is 32.4 Å². The van der Waals surface area contributed by atoms with Crippen molar-refractivity contribution in [2.24, 2.45) is 0 Å². The van der Waals surface area contributed by atoms with Crippen molar-refractivity contribution in [3.63, 3.8) is 0 Å². The van der Waals surface area contributed by atoms with Gasteiger partial charge in [0.1, 0.15) is 0 Å². The van der Waals surface area contributed by atoms with E-state index in [0.29, 0.717) is 17.3 Å². The Kier molecular flexibility index (Phi) is 7.77. The Bertz CT molecular complexity index is 930. The maximum atomic E-state index is 13.6. The van der Waals surface area contributed by atoms with Gasteiger partial charge in [-0.05, 0) is 44.5 Å². The number of halogens is 1. The number of carbonyl (C=O) groups is 1. The SMILES string of the molecule is CCCN(C1CCNCC1)S(=O)(=O)c1cccc2c(C(=O)OC)nccc12.Cl. The molecule has 1 N–H and O–H groups in total. The summed E-state index contributed by atoms with van der Waals surface area (Å²) in [5.74, 6) is -0.584. The van der Waals surface area contributed by atoms with E-state index in [-0.39, 0.29) is 29.0 Å². The number of methoxy groups -OCH3 is 1. The Balaban J connectivity index is 0.00000280. The number of hydrogen-bond acceptors (Lipinski definition) is 6. The second-order valence-electron chi connectivity index (χ2n) is 6.60. The van der Waals surface area contributed by atoms with Crippen LogP contribution in [0.25, 0.3) is 10.8 Å². The lowest BCUT2D eigenvalue weighted by atomic mass is 10.1. The van der Waals surface area contributed by atoms with Crippen molar-refractivity contribution in [3.8, 4) is 0 Å². The van der Waals surface area contributed by atoms with E-state index < -0.39 is 16.0 Å². The van der Waals surface area contributed by atoms with E-state index in [1.807, 2.05) is 6.92 Å². The fraction of sp³-hybridized carbons (Fsp3) is 0.474. The molecule has 1 aromatic carbocycles. The Hall–Kier alpha value is -1.74. The molecule has 0 atom stereocenters. The summed E-state index contributed by atoms with van der Waals surface area (Å²) in [6, 6.07) is 6.57. The molecule has 0 bridgehead atoms. The molecule has 0 radical (unpaired) electrons. The Morgan fingerprint density at radius 1 is 1.25 bits per heavy atom. The van der Waals surface area contributed by atoms with Crippen LogP contribution in [-0.2, 0) is 14.8 Å². The van der Waals surface area contributed by atoms with Gasteiger partial charge in [0.15, 0.2) is 5.69 Å². The van der Waals surface area contributed by atoms with Crippen LogP contribution in [0, 0.1) is 0 Å². The molecule has 28 heavy (non-hydrogen) atoms. The maximum absolute atomic E-state index is 13.6. The molecule has 0 spiro atoms. The van der Waals surface area contributed by atoms with Gasteiger partial charge >= 0.3 is 5.97 Å². The first-order chi connectivity index (χ1) is 13.0. The summed E-state index contributed by atoms with van der Waals surface area (Å²) in [7, 11) is -2.43. The molecule has 1 saturated heterocycles. The van der Waals surface area contributed by atoms with E-state index in [1.165, 1.54) is 13.3 Å². The van der Waals surface area contributed by atoms with E-state index >= 15 is 0 Å². The highest BCUT2D eigenvalue weighted by molar-refractivity contribution is 7.89. The predicted molar refractivity (Wildman–Crippen MR) is 110 cm³/mol. The number of aromatic nitrogens is 1.